The van der Waals surface area contributed by atoms with Crippen LogP contribution in [0.15, 0.2) is 45.2 Å². The van der Waals surface area contributed by atoms with Crippen LogP contribution in [-0.4, -0.2) is 36.6 Å². The normalized spacial score (nSPS) is 10.6. The average Bonchev–Trinajstić information content (AvgIpc) is 2.60. The standard InChI is InChI=1S/C16H16N6O3S/c1-4-24-11-5-7-13(20-19-11)26-14-9-10(2)17-16(18-14)25-12-6-8-15(23)22(3)21-12/h5-9H,4H2,1-3H3. The molecule has 0 radical (unpaired) electrons. The maximum atomic E-state index is 11.4. The molecule has 0 aliphatic carbocycles. The average molecular weight is 372 g/mol. The Labute approximate surface area is 153 Å². The second-order valence-electron chi connectivity index (χ2n) is 5.11. The molecule has 0 spiro atoms. The molecule has 0 saturated heterocycles. The maximum absolute atomic E-state index is 11.4. The van der Waals surface area contributed by atoms with Crippen LogP contribution < -0.4 is 15.0 Å². The molecule has 0 N–H and O–H groups in total. The number of hydrogen-bond acceptors (Lipinski definition) is 9. The first-order valence-electron chi connectivity index (χ1n) is 7.76. The Kier molecular flexibility index (Phi) is 5.42. The predicted octanol–water partition coefficient (Wildman–Crippen LogP) is 2.01. The summed E-state index contributed by atoms with van der Waals surface area (Å²) in [5.41, 5.74) is 0.494. The highest BCUT2D eigenvalue weighted by Gasteiger charge is 2.09. The van der Waals surface area contributed by atoms with Gasteiger partial charge in [0, 0.05) is 30.9 Å². The van der Waals surface area contributed by atoms with Crippen LogP contribution >= 0.6 is 11.8 Å². The van der Waals surface area contributed by atoms with Gasteiger partial charge in [0.15, 0.2) is 0 Å². The first kappa shape index (κ1) is 17.8. The van der Waals surface area contributed by atoms with E-state index in [1.807, 2.05) is 19.9 Å². The van der Waals surface area contributed by atoms with E-state index in [-0.39, 0.29) is 17.4 Å². The van der Waals surface area contributed by atoms with Crippen LogP contribution in [0.1, 0.15) is 12.6 Å². The van der Waals surface area contributed by atoms with E-state index in [1.165, 1.54) is 35.6 Å². The summed E-state index contributed by atoms with van der Waals surface area (Å²) in [5, 5.41) is 13.4. The zero-order chi connectivity index (χ0) is 18.5. The molecule has 0 aromatic carbocycles. The first-order valence-corrected chi connectivity index (χ1v) is 8.57. The van der Waals surface area contributed by atoms with Gasteiger partial charge in [-0.1, -0.05) is 0 Å². The number of ether oxygens (including phenoxy) is 2. The Morgan fingerprint density at radius 2 is 1.88 bits per heavy atom. The summed E-state index contributed by atoms with van der Waals surface area (Å²) in [6.45, 7) is 4.25. The number of rotatable bonds is 6. The molecule has 0 amide bonds. The van der Waals surface area contributed by atoms with Crippen molar-refractivity contribution in [2.75, 3.05) is 6.61 Å². The maximum Gasteiger partial charge on any atom is 0.324 e. The molecule has 3 aromatic rings. The van der Waals surface area contributed by atoms with Gasteiger partial charge in [0.2, 0.25) is 11.8 Å². The van der Waals surface area contributed by atoms with Gasteiger partial charge in [-0.05, 0) is 37.7 Å². The van der Waals surface area contributed by atoms with Crippen molar-refractivity contribution in [1.82, 2.24) is 29.9 Å². The molecule has 0 bridgehead atoms. The molecular formula is C16H16N6O3S. The van der Waals surface area contributed by atoms with E-state index < -0.39 is 0 Å². The van der Waals surface area contributed by atoms with Crippen LogP contribution in [0.25, 0.3) is 0 Å². The number of aromatic nitrogens is 6. The van der Waals surface area contributed by atoms with E-state index >= 15 is 0 Å². The monoisotopic (exact) mass is 372 g/mol. The van der Waals surface area contributed by atoms with E-state index in [9.17, 15) is 4.79 Å². The van der Waals surface area contributed by atoms with Crippen molar-refractivity contribution in [1.29, 1.82) is 0 Å². The van der Waals surface area contributed by atoms with Crippen LogP contribution in [0.2, 0.25) is 0 Å². The highest BCUT2D eigenvalue weighted by atomic mass is 32.2. The SMILES string of the molecule is CCOc1ccc(Sc2cc(C)nc(Oc3ccc(=O)n(C)n3)n2)nn1. The molecule has 0 saturated carbocycles. The van der Waals surface area contributed by atoms with Gasteiger partial charge >= 0.3 is 6.01 Å². The Bertz CT molecular complexity index is 961. The molecule has 0 fully saturated rings. The van der Waals surface area contributed by atoms with E-state index in [4.69, 9.17) is 9.47 Å². The first-order chi connectivity index (χ1) is 12.5. The zero-order valence-electron chi connectivity index (χ0n) is 14.4. The lowest BCUT2D eigenvalue weighted by Gasteiger charge is -2.07. The summed E-state index contributed by atoms with van der Waals surface area (Å²) in [5.74, 6) is 0.704. The molecule has 0 aliphatic rings. The van der Waals surface area contributed by atoms with Crippen molar-refractivity contribution in [3.05, 3.63) is 46.4 Å². The molecule has 3 rings (SSSR count). The van der Waals surface area contributed by atoms with Gasteiger partial charge in [0.25, 0.3) is 5.56 Å². The van der Waals surface area contributed by atoms with Crippen molar-refractivity contribution >= 4 is 11.8 Å². The van der Waals surface area contributed by atoms with Crippen molar-refractivity contribution in [3.8, 4) is 17.8 Å². The van der Waals surface area contributed by atoms with Crippen molar-refractivity contribution in [2.24, 2.45) is 7.05 Å². The van der Waals surface area contributed by atoms with Gasteiger partial charge in [0.1, 0.15) is 10.1 Å². The van der Waals surface area contributed by atoms with Crippen LogP contribution in [0.5, 0.6) is 17.8 Å². The molecular weight excluding hydrogens is 356 g/mol. The quantitative estimate of drug-likeness (QED) is 0.601. The smallest absolute Gasteiger partial charge is 0.324 e. The van der Waals surface area contributed by atoms with Gasteiger partial charge in [-0.2, -0.15) is 4.98 Å². The Balaban J connectivity index is 1.78. The van der Waals surface area contributed by atoms with Crippen LogP contribution in [0.3, 0.4) is 0 Å². The Morgan fingerprint density at radius 1 is 1.08 bits per heavy atom. The molecule has 10 heteroatoms. The Morgan fingerprint density at radius 3 is 2.58 bits per heavy atom. The van der Waals surface area contributed by atoms with E-state index in [0.29, 0.717) is 22.5 Å². The molecule has 0 atom stereocenters. The third-order valence-corrected chi connectivity index (χ3v) is 3.90. The minimum absolute atomic E-state index is 0.137. The lowest BCUT2D eigenvalue weighted by molar-refractivity contribution is 0.321. The largest absolute Gasteiger partial charge is 0.477 e. The molecule has 3 heterocycles. The number of nitrogens with zero attached hydrogens (tertiary/aromatic N) is 6. The third-order valence-electron chi connectivity index (χ3n) is 3.06. The fraction of sp³-hybridized carbons (Fsp3) is 0.250. The van der Waals surface area contributed by atoms with E-state index in [1.54, 1.807) is 12.1 Å². The molecule has 134 valence electrons. The van der Waals surface area contributed by atoms with Crippen molar-refractivity contribution < 1.29 is 9.47 Å². The summed E-state index contributed by atoms with van der Waals surface area (Å²) < 4.78 is 12.0. The van der Waals surface area contributed by atoms with Gasteiger partial charge in [-0.15, -0.1) is 15.3 Å². The number of hydrogen-bond donors (Lipinski definition) is 0. The van der Waals surface area contributed by atoms with Gasteiger partial charge in [-0.25, -0.2) is 9.67 Å². The van der Waals surface area contributed by atoms with Gasteiger partial charge < -0.3 is 9.47 Å². The third kappa shape index (κ3) is 4.54. The van der Waals surface area contributed by atoms with E-state index in [2.05, 4.69) is 25.3 Å². The highest BCUT2D eigenvalue weighted by Crippen LogP contribution is 2.27. The molecule has 3 aromatic heterocycles. The van der Waals surface area contributed by atoms with Gasteiger partial charge in [0.05, 0.1) is 6.61 Å². The number of aryl methyl sites for hydroxylation is 2. The van der Waals surface area contributed by atoms with Gasteiger partial charge in [-0.3, -0.25) is 4.79 Å². The van der Waals surface area contributed by atoms with E-state index in [0.717, 1.165) is 5.69 Å². The fourth-order valence-corrected chi connectivity index (χ4v) is 2.72. The van der Waals surface area contributed by atoms with Crippen molar-refractivity contribution in [3.63, 3.8) is 0 Å². The summed E-state index contributed by atoms with van der Waals surface area (Å²) in [6, 6.07) is 8.33. The second-order valence-corrected chi connectivity index (χ2v) is 6.15. The molecule has 0 aliphatic heterocycles. The topological polar surface area (TPSA) is 105 Å². The Hall–Kier alpha value is -3.01. The second kappa shape index (κ2) is 7.91. The summed E-state index contributed by atoms with van der Waals surface area (Å²) >= 11 is 1.32. The zero-order valence-corrected chi connectivity index (χ0v) is 15.2. The summed E-state index contributed by atoms with van der Waals surface area (Å²) in [6.07, 6.45) is 0. The summed E-state index contributed by atoms with van der Waals surface area (Å²) in [7, 11) is 1.54. The van der Waals surface area contributed by atoms with Crippen molar-refractivity contribution in [2.45, 2.75) is 23.9 Å². The van der Waals surface area contributed by atoms with Crippen LogP contribution in [-0.2, 0) is 7.05 Å². The summed E-state index contributed by atoms with van der Waals surface area (Å²) in [4.78, 5) is 20.0. The predicted molar refractivity (Wildman–Crippen MR) is 93.6 cm³/mol. The van der Waals surface area contributed by atoms with Crippen LogP contribution in [0, 0.1) is 6.92 Å². The minimum Gasteiger partial charge on any atom is -0.477 e. The fourth-order valence-electron chi connectivity index (χ4n) is 1.93. The van der Waals surface area contributed by atoms with Crippen LogP contribution in [0.4, 0.5) is 0 Å². The molecule has 0 unspecified atom stereocenters. The lowest BCUT2D eigenvalue weighted by Crippen LogP contribution is -2.18. The highest BCUT2D eigenvalue weighted by molar-refractivity contribution is 7.99. The minimum atomic E-state index is -0.229. The molecule has 9 nitrogen and oxygen atoms in total. The lowest BCUT2D eigenvalue weighted by atomic mass is 10.5. The molecule has 26 heavy (non-hydrogen) atoms.